The third kappa shape index (κ3) is 5.89. The van der Waals surface area contributed by atoms with Gasteiger partial charge in [-0.05, 0) is 31.9 Å². The maximum atomic E-state index is 13.9. The Morgan fingerprint density at radius 3 is 2.77 bits per heavy atom. The Balaban J connectivity index is 0.000000339. The Bertz CT molecular complexity index is 895. The van der Waals surface area contributed by atoms with Crippen molar-refractivity contribution in [1.82, 2.24) is 14.9 Å². The van der Waals surface area contributed by atoms with E-state index >= 15 is 0 Å². The number of ether oxygens (including phenoxy) is 2. The van der Waals surface area contributed by atoms with Crippen LogP contribution in [0.1, 0.15) is 23.4 Å². The molecule has 2 aromatic rings. The summed E-state index contributed by atoms with van der Waals surface area (Å²) in [5.74, 6) is -3.12. The van der Waals surface area contributed by atoms with Crippen molar-refractivity contribution in [2.75, 3.05) is 13.2 Å². The smallest absolute Gasteiger partial charge is 0.475 e. The van der Waals surface area contributed by atoms with Gasteiger partial charge in [0.25, 0.3) is 5.88 Å². The van der Waals surface area contributed by atoms with Gasteiger partial charge in [0.15, 0.2) is 5.82 Å². The maximum Gasteiger partial charge on any atom is 0.490 e. The van der Waals surface area contributed by atoms with E-state index in [2.05, 4.69) is 14.9 Å². The van der Waals surface area contributed by atoms with E-state index in [0.29, 0.717) is 12.6 Å². The molecule has 1 N–H and O–H groups in total. The lowest BCUT2D eigenvalue weighted by Crippen LogP contribution is -2.42. The molecule has 0 spiro atoms. The van der Waals surface area contributed by atoms with E-state index in [1.807, 2.05) is 12.4 Å². The highest BCUT2D eigenvalue weighted by molar-refractivity contribution is 7.09. The third-order valence-corrected chi connectivity index (χ3v) is 5.93. The molecule has 0 saturated carbocycles. The van der Waals surface area contributed by atoms with Crippen molar-refractivity contribution < 1.29 is 36.9 Å². The number of thiazole rings is 1. The number of aromatic nitrogens is 2. The number of likely N-dealkylation sites (tertiary alicyclic amines) is 1. The number of hydrogen-bond donors (Lipinski definition) is 1. The summed E-state index contributed by atoms with van der Waals surface area (Å²) >= 11 is 1.68. The molecule has 4 rings (SSSR count). The molecule has 12 heteroatoms. The standard InChI is InChI=1S/C17H20FN3O2S.C2HF3O2/c1-11-15(24-10-20-11)9-21-8-14(16-13(21)5-3-7-22-16)23-17-12(18)4-2-6-19-17;3-2(4,5)1(6)7/h2,4,6,10,13-14,16H,3,5,7-9H2,1H3;(H,6,7)/t13-,14-,16+;/m1./s1. The van der Waals surface area contributed by atoms with Crippen molar-refractivity contribution in [3.8, 4) is 5.88 Å². The molecule has 0 unspecified atom stereocenters. The van der Waals surface area contributed by atoms with E-state index < -0.39 is 18.0 Å². The van der Waals surface area contributed by atoms with Crippen LogP contribution < -0.4 is 4.74 Å². The summed E-state index contributed by atoms with van der Waals surface area (Å²) in [5.41, 5.74) is 2.96. The average Bonchev–Trinajstić information content (AvgIpc) is 3.28. The molecule has 7 nitrogen and oxygen atoms in total. The quantitative estimate of drug-likeness (QED) is 0.696. The van der Waals surface area contributed by atoms with Crippen LogP contribution in [0, 0.1) is 12.7 Å². The molecule has 4 heterocycles. The summed E-state index contributed by atoms with van der Waals surface area (Å²) < 4.78 is 57.5. The first-order valence-corrected chi connectivity index (χ1v) is 10.4. The Hall–Kier alpha value is -2.31. The normalized spacial score (nSPS) is 23.6. The maximum absolute atomic E-state index is 13.9. The fraction of sp³-hybridized carbons (Fsp3) is 0.526. The lowest BCUT2D eigenvalue weighted by Gasteiger charge is -2.32. The fourth-order valence-electron chi connectivity index (χ4n) is 3.55. The highest BCUT2D eigenvalue weighted by atomic mass is 32.1. The monoisotopic (exact) mass is 463 g/mol. The van der Waals surface area contributed by atoms with Crippen molar-refractivity contribution in [2.45, 2.75) is 50.7 Å². The number of hydrogen-bond acceptors (Lipinski definition) is 7. The number of halogens is 4. The Morgan fingerprint density at radius 1 is 1.42 bits per heavy atom. The summed E-state index contributed by atoms with van der Waals surface area (Å²) in [5, 5.41) is 7.12. The molecule has 2 saturated heterocycles. The molecule has 31 heavy (non-hydrogen) atoms. The number of carbonyl (C=O) groups is 1. The van der Waals surface area contributed by atoms with Crippen LogP contribution in [-0.4, -0.2) is 63.5 Å². The molecular weight excluding hydrogens is 442 g/mol. The first-order chi connectivity index (χ1) is 14.7. The number of aliphatic carboxylic acids is 1. The Labute approximate surface area is 179 Å². The van der Waals surface area contributed by atoms with E-state index in [4.69, 9.17) is 19.4 Å². The minimum absolute atomic E-state index is 0.0339. The van der Waals surface area contributed by atoms with Crippen LogP contribution in [0.15, 0.2) is 23.8 Å². The molecule has 0 aromatic carbocycles. The van der Waals surface area contributed by atoms with E-state index in [9.17, 15) is 17.6 Å². The molecule has 3 atom stereocenters. The Morgan fingerprint density at radius 2 is 2.16 bits per heavy atom. The van der Waals surface area contributed by atoms with Gasteiger partial charge in [-0.15, -0.1) is 11.3 Å². The second kappa shape index (κ2) is 9.88. The van der Waals surface area contributed by atoms with Gasteiger partial charge in [-0.2, -0.15) is 13.2 Å². The largest absolute Gasteiger partial charge is 0.490 e. The molecule has 2 aliphatic heterocycles. The predicted molar refractivity (Wildman–Crippen MR) is 102 cm³/mol. The molecule has 0 bridgehead atoms. The number of fused-ring (bicyclic) bond motifs is 1. The number of aryl methyl sites for hydroxylation is 1. The number of pyridine rings is 1. The van der Waals surface area contributed by atoms with E-state index in [0.717, 1.165) is 31.7 Å². The molecule has 0 radical (unpaired) electrons. The van der Waals surface area contributed by atoms with E-state index in [-0.39, 0.29) is 18.1 Å². The number of nitrogens with zero attached hydrogens (tertiary/aromatic N) is 3. The number of alkyl halides is 3. The Kier molecular flexibility index (Phi) is 7.44. The van der Waals surface area contributed by atoms with Gasteiger partial charge in [-0.1, -0.05) is 0 Å². The molecule has 2 aliphatic rings. The van der Waals surface area contributed by atoms with Gasteiger partial charge in [-0.3, -0.25) is 4.90 Å². The molecule has 0 amide bonds. The summed E-state index contributed by atoms with van der Waals surface area (Å²) in [6.07, 6.45) is -1.65. The fourth-order valence-corrected chi connectivity index (χ4v) is 4.35. The predicted octanol–water partition coefficient (Wildman–Crippen LogP) is 3.43. The van der Waals surface area contributed by atoms with Crippen LogP contribution in [0.5, 0.6) is 5.88 Å². The van der Waals surface area contributed by atoms with Gasteiger partial charge in [0, 0.05) is 36.8 Å². The molecule has 2 aromatic heterocycles. The zero-order valence-electron chi connectivity index (χ0n) is 16.5. The van der Waals surface area contributed by atoms with Crippen LogP contribution in [0.2, 0.25) is 0 Å². The molecule has 2 fully saturated rings. The van der Waals surface area contributed by atoms with Crippen LogP contribution in [0.3, 0.4) is 0 Å². The van der Waals surface area contributed by atoms with E-state index in [1.165, 1.54) is 10.9 Å². The topological polar surface area (TPSA) is 84.8 Å². The second-order valence-electron chi connectivity index (χ2n) is 7.08. The minimum atomic E-state index is -5.08. The summed E-state index contributed by atoms with van der Waals surface area (Å²) in [7, 11) is 0. The van der Waals surface area contributed by atoms with Crippen molar-refractivity contribution in [3.63, 3.8) is 0 Å². The summed E-state index contributed by atoms with van der Waals surface area (Å²) in [4.78, 5) is 20.9. The third-order valence-electron chi connectivity index (χ3n) is 5.01. The van der Waals surface area contributed by atoms with Crippen molar-refractivity contribution in [3.05, 3.63) is 40.2 Å². The first-order valence-electron chi connectivity index (χ1n) is 9.48. The van der Waals surface area contributed by atoms with Crippen LogP contribution >= 0.6 is 11.3 Å². The van der Waals surface area contributed by atoms with E-state index in [1.54, 1.807) is 23.6 Å². The minimum Gasteiger partial charge on any atom is -0.475 e. The van der Waals surface area contributed by atoms with Crippen LogP contribution in [-0.2, 0) is 16.1 Å². The summed E-state index contributed by atoms with van der Waals surface area (Å²) in [6.45, 7) is 4.32. The molecular formula is C19H21F4N3O4S. The second-order valence-corrected chi connectivity index (χ2v) is 8.02. The lowest BCUT2D eigenvalue weighted by molar-refractivity contribution is -0.192. The van der Waals surface area contributed by atoms with Crippen molar-refractivity contribution in [2.24, 2.45) is 0 Å². The lowest BCUT2D eigenvalue weighted by atomic mass is 10.0. The van der Waals surface area contributed by atoms with Crippen molar-refractivity contribution in [1.29, 1.82) is 0 Å². The number of carboxylic acid groups (broad SMARTS) is 1. The number of carboxylic acids is 1. The molecule has 0 aliphatic carbocycles. The SMILES string of the molecule is Cc1ncsc1CN1C[C@@H](Oc2ncccc2F)[C@H]2OCCC[C@H]21.O=C(O)C(F)(F)F. The van der Waals surface area contributed by atoms with Gasteiger partial charge in [0.2, 0.25) is 0 Å². The first kappa shape index (κ1) is 23.4. The molecule has 170 valence electrons. The van der Waals surface area contributed by atoms with Gasteiger partial charge >= 0.3 is 12.1 Å². The van der Waals surface area contributed by atoms with Crippen LogP contribution in [0.25, 0.3) is 0 Å². The van der Waals surface area contributed by atoms with Gasteiger partial charge in [0.1, 0.15) is 12.2 Å². The summed E-state index contributed by atoms with van der Waals surface area (Å²) in [6, 6.07) is 3.24. The zero-order valence-corrected chi connectivity index (χ0v) is 17.3. The van der Waals surface area contributed by atoms with Crippen molar-refractivity contribution >= 4 is 17.3 Å². The number of rotatable bonds is 4. The van der Waals surface area contributed by atoms with Gasteiger partial charge in [0.05, 0.1) is 11.2 Å². The van der Waals surface area contributed by atoms with Gasteiger partial charge < -0.3 is 14.6 Å². The zero-order chi connectivity index (χ0) is 22.6. The van der Waals surface area contributed by atoms with Crippen LogP contribution in [0.4, 0.5) is 17.6 Å². The van der Waals surface area contributed by atoms with Gasteiger partial charge in [-0.25, -0.2) is 19.2 Å². The highest BCUT2D eigenvalue weighted by Crippen LogP contribution is 2.33. The highest BCUT2D eigenvalue weighted by Gasteiger charge is 2.46. The average molecular weight is 463 g/mol.